The van der Waals surface area contributed by atoms with Crippen molar-refractivity contribution < 1.29 is 14.6 Å². The van der Waals surface area contributed by atoms with Gasteiger partial charge in [0.05, 0.1) is 6.04 Å². The number of aliphatic hydroxyl groups excluding tert-OH is 1. The Kier molecular flexibility index (Phi) is 5.65. The Labute approximate surface area is 138 Å². The molecule has 0 bridgehead atoms. The molecule has 23 heavy (non-hydrogen) atoms. The van der Waals surface area contributed by atoms with Crippen LogP contribution in [0.2, 0.25) is 0 Å². The van der Waals surface area contributed by atoms with Gasteiger partial charge in [0.25, 0.3) is 0 Å². The summed E-state index contributed by atoms with van der Waals surface area (Å²) in [5.74, 6) is 1.13. The molecule has 5 heteroatoms. The number of carbonyl (C=O) groups excluding carboxylic acids is 1. The Hall–Kier alpha value is -1.59. The number of ether oxygens (including phenoxy) is 1. The van der Waals surface area contributed by atoms with Gasteiger partial charge in [-0.3, -0.25) is 10.5 Å². The molecule has 2 rings (SSSR count). The van der Waals surface area contributed by atoms with E-state index in [4.69, 9.17) is 10.5 Å². The number of aliphatic hydroxyl groups is 1. The van der Waals surface area contributed by atoms with E-state index in [2.05, 4.69) is 0 Å². The number of benzene rings is 1. The third kappa shape index (κ3) is 4.24. The molecule has 0 radical (unpaired) electrons. The zero-order chi connectivity index (χ0) is 17.1. The quantitative estimate of drug-likeness (QED) is 0.816. The van der Waals surface area contributed by atoms with Gasteiger partial charge in [-0.1, -0.05) is 19.9 Å². The molecule has 0 fully saturated rings. The summed E-state index contributed by atoms with van der Waals surface area (Å²) < 4.78 is 5.70. The van der Waals surface area contributed by atoms with E-state index in [1.165, 1.54) is 5.56 Å². The number of hydrogen-bond donors (Lipinski definition) is 2. The molecule has 1 aliphatic rings. The molecular weight excluding hydrogens is 292 g/mol. The molecule has 1 amide bonds. The monoisotopic (exact) mass is 320 g/mol. The molecule has 5 nitrogen and oxygen atoms in total. The predicted octanol–water partition coefficient (Wildman–Crippen LogP) is 2.22. The van der Waals surface area contributed by atoms with E-state index < -0.39 is 12.3 Å². The second-order valence-corrected chi connectivity index (χ2v) is 6.78. The fraction of sp³-hybridized carbons (Fsp3) is 0.611. The molecule has 1 aromatic carbocycles. The maximum Gasteiger partial charge on any atom is 0.219 e. The molecule has 0 saturated carbocycles. The van der Waals surface area contributed by atoms with Gasteiger partial charge in [0.2, 0.25) is 5.91 Å². The summed E-state index contributed by atoms with van der Waals surface area (Å²) >= 11 is 0. The lowest BCUT2D eigenvalue weighted by Crippen LogP contribution is -2.40. The summed E-state index contributed by atoms with van der Waals surface area (Å²) in [6, 6.07) is 5.91. The number of hydrogen-bond acceptors (Lipinski definition) is 4. The second kappa shape index (κ2) is 7.32. The lowest BCUT2D eigenvalue weighted by atomic mass is 9.93. The fourth-order valence-electron chi connectivity index (χ4n) is 3.16. The van der Waals surface area contributed by atoms with Crippen LogP contribution in [0.5, 0.6) is 5.75 Å². The first-order valence-electron chi connectivity index (χ1n) is 8.30. The summed E-state index contributed by atoms with van der Waals surface area (Å²) in [6.45, 7) is 8.44. The maximum absolute atomic E-state index is 11.7. The Morgan fingerprint density at radius 3 is 2.78 bits per heavy atom. The van der Waals surface area contributed by atoms with E-state index in [1.54, 1.807) is 6.92 Å². The van der Waals surface area contributed by atoms with Crippen LogP contribution in [0.1, 0.15) is 51.3 Å². The molecule has 0 aliphatic carbocycles. The van der Waals surface area contributed by atoms with Gasteiger partial charge in [-0.05, 0) is 48.9 Å². The maximum atomic E-state index is 11.7. The second-order valence-electron chi connectivity index (χ2n) is 6.78. The minimum absolute atomic E-state index is 0.0745. The van der Waals surface area contributed by atoms with Crippen molar-refractivity contribution in [3.05, 3.63) is 29.3 Å². The van der Waals surface area contributed by atoms with Crippen molar-refractivity contribution in [1.82, 2.24) is 4.90 Å². The molecule has 1 heterocycles. The first kappa shape index (κ1) is 17.8. The van der Waals surface area contributed by atoms with Crippen molar-refractivity contribution in [3.8, 4) is 5.75 Å². The van der Waals surface area contributed by atoms with Crippen molar-refractivity contribution in [2.24, 2.45) is 11.7 Å². The minimum atomic E-state index is -0.731. The predicted molar refractivity (Wildman–Crippen MR) is 90.0 cm³/mol. The molecule has 1 aliphatic heterocycles. The van der Waals surface area contributed by atoms with Crippen LogP contribution in [0.15, 0.2) is 18.2 Å². The number of fused-ring (bicyclic) bond motifs is 1. The van der Waals surface area contributed by atoms with Gasteiger partial charge < -0.3 is 14.7 Å². The van der Waals surface area contributed by atoms with Gasteiger partial charge in [-0.2, -0.15) is 0 Å². The van der Waals surface area contributed by atoms with Crippen molar-refractivity contribution in [1.29, 1.82) is 0 Å². The van der Waals surface area contributed by atoms with Crippen LogP contribution in [0, 0.1) is 5.92 Å². The van der Waals surface area contributed by atoms with Gasteiger partial charge in [-0.15, -0.1) is 0 Å². The molecule has 0 spiro atoms. The Morgan fingerprint density at radius 1 is 1.48 bits per heavy atom. The van der Waals surface area contributed by atoms with Gasteiger partial charge in [-0.25, -0.2) is 0 Å². The Morgan fingerprint density at radius 2 is 2.17 bits per heavy atom. The topological polar surface area (TPSA) is 75.8 Å². The molecule has 1 aromatic rings. The smallest absolute Gasteiger partial charge is 0.219 e. The van der Waals surface area contributed by atoms with Crippen LogP contribution in [-0.4, -0.2) is 34.8 Å². The van der Waals surface area contributed by atoms with Crippen LogP contribution in [-0.2, 0) is 11.2 Å². The van der Waals surface area contributed by atoms with Crippen molar-refractivity contribution >= 4 is 5.91 Å². The number of carbonyl (C=O) groups is 1. The Bertz CT molecular complexity index is 559. The molecule has 3 N–H and O–H groups in total. The lowest BCUT2D eigenvalue weighted by molar-refractivity contribution is -0.131. The van der Waals surface area contributed by atoms with Crippen molar-refractivity contribution in [2.45, 2.75) is 58.9 Å². The van der Waals surface area contributed by atoms with E-state index in [1.807, 2.05) is 43.9 Å². The van der Waals surface area contributed by atoms with Crippen LogP contribution in [0.25, 0.3) is 0 Å². The standard InChI is InChI=1S/C18H28N2O3/c1-11(2)9-17(22)18(19)23-15-5-6-16-12(3)20(13(4)21)8-7-14(16)10-15/h5-6,10-12,17-18,22H,7-9,19H2,1-4H3. The summed E-state index contributed by atoms with van der Waals surface area (Å²) in [6.07, 6.45) is 0.0000712. The molecule has 128 valence electrons. The third-order valence-corrected chi connectivity index (χ3v) is 4.42. The van der Waals surface area contributed by atoms with Crippen molar-refractivity contribution in [3.63, 3.8) is 0 Å². The van der Waals surface area contributed by atoms with E-state index in [9.17, 15) is 9.90 Å². The van der Waals surface area contributed by atoms with Crippen LogP contribution in [0.3, 0.4) is 0 Å². The highest BCUT2D eigenvalue weighted by molar-refractivity contribution is 5.74. The molecule has 0 aromatic heterocycles. The van der Waals surface area contributed by atoms with Crippen LogP contribution >= 0.6 is 0 Å². The average Bonchev–Trinajstić information content (AvgIpc) is 2.46. The molecule has 3 unspecified atom stereocenters. The van der Waals surface area contributed by atoms with Crippen LogP contribution in [0.4, 0.5) is 0 Å². The third-order valence-electron chi connectivity index (χ3n) is 4.42. The fourth-order valence-corrected chi connectivity index (χ4v) is 3.16. The van der Waals surface area contributed by atoms with E-state index in [0.717, 1.165) is 18.5 Å². The average molecular weight is 320 g/mol. The van der Waals surface area contributed by atoms with Gasteiger partial charge in [0, 0.05) is 13.5 Å². The van der Waals surface area contributed by atoms with Crippen LogP contribution < -0.4 is 10.5 Å². The first-order valence-corrected chi connectivity index (χ1v) is 8.30. The summed E-state index contributed by atoms with van der Waals surface area (Å²) in [5, 5.41) is 10.0. The molecule has 0 saturated heterocycles. The first-order chi connectivity index (χ1) is 10.8. The van der Waals surface area contributed by atoms with E-state index in [0.29, 0.717) is 18.1 Å². The zero-order valence-corrected chi connectivity index (χ0v) is 14.5. The molecule has 3 atom stereocenters. The SMILES string of the molecule is CC(=O)N1CCc2cc(OC(N)C(O)CC(C)C)ccc2C1C. The summed E-state index contributed by atoms with van der Waals surface area (Å²) in [5.41, 5.74) is 8.26. The number of nitrogens with zero attached hydrogens (tertiary/aromatic N) is 1. The highest BCUT2D eigenvalue weighted by Gasteiger charge is 2.26. The minimum Gasteiger partial charge on any atom is -0.473 e. The normalized spacial score (nSPS) is 20.1. The molecular formula is C18H28N2O3. The van der Waals surface area contributed by atoms with Gasteiger partial charge in [0.1, 0.15) is 11.9 Å². The van der Waals surface area contributed by atoms with E-state index in [-0.39, 0.29) is 11.9 Å². The summed E-state index contributed by atoms with van der Waals surface area (Å²) in [7, 11) is 0. The highest BCUT2D eigenvalue weighted by Crippen LogP contribution is 2.32. The largest absolute Gasteiger partial charge is 0.473 e. The highest BCUT2D eigenvalue weighted by atomic mass is 16.5. The number of nitrogens with two attached hydrogens (primary N) is 1. The zero-order valence-electron chi connectivity index (χ0n) is 14.5. The Balaban J connectivity index is 2.09. The summed E-state index contributed by atoms with van der Waals surface area (Å²) in [4.78, 5) is 13.5. The lowest BCUT2D eigenvalue weighted by Gasteiger charge is -2.35. The van der Waals surface area contributed by atoms with Gasteiger partial charge in [0.15, 0.2) is 6.23 Å². The number of rotatable bonds is 5. The number of amides is 1. The van der Waals surface area contributed by atoms with Gasteiger partial charge >= 0.3 is 0 Å². The van der Waals surface area contributed by atoms with E-state index >= 15 is 0 Å². The van der Waals surface area contributed by atoms with Crippen molar-refractivity contribution in [2.75, 3.05) is 6.54 Å².